The Morgan fingerprint density at radius 3 is 2.73 bits per heavy atom. The quantitative estimate of drug-likeness (QED) is 0.577. The van der Waals surface area contributed by atoms with Gasteiger partial charge in [-0.05, 0) is 42.7 Å². The van der Waals surface area contributed by atoms with Crippen LogP contribution in [0.3, 0.4) is 0 Å². The van der Waals surface area contributed by atoms with E-state index >= 15 is 0 Å². The van der Waals surface area contributed by atoms with Crippen LogP contribution in [0.25, 0.3) is 0 Å². The number of thioether (sulfide) groups is 1. The molecule has 2 rings (SSSR count). The maximum absolute atomic E-state index is 13.0. The molecule has 0 aliphatic heterocycles. The zero-order chi connectivity index (χ0) is 15.6. The number of halogens is 1. The van der Waals surface area contributed by atoms with Crippen LogP contribution >= 0.6 is 11.8 Å². The molecule has 0 amide bonds. The van der Waals surface area contributed by atoms with Crippen molar-refractivity contribution in [3.8, 4) is 0 Å². The predicted octanol–water partition coefficient (Wildman–Crippen LogP) is 4.95. The van der Waals surface area contributed by atoms with Crippen molar-refractivity contribution in [3.63, 3.8) is 0 Å². The summed E-state index contributed by atoms with van der Waals surface area (Å²) in [5.41, 5.74) is 1.21. The number of unbranched alkanes of at least 4 members (excludes halogenated alkanes) is 2. The molecule has 0 aliphatic rings. The molecule has 0 spiro atoms. The molecule has 1 atom stereocenters. The molecule has 0 radical (unpaired) electrons. The molecule has 22 heavy (non-hydrogen) atoms. The molecule has 0 fully saturated rings. The van der Waals surface area contributed by atoms with Gasteiger partial charge in [0.25, 0.3) is 0 Å². The summed E-state index contributed by atoms with van der Waals surface area (Å²) in [6, 6.07) is 6.89. The van der Waals surface area contributed by atoms with Gasteiger partial charge in [-0.3, -0.25) is 0 Å². The molecule has 0 aliphatic carbocycles. The third-order valence-electron chi connectivity index (χ3n) is 3.74. The third-order valence-corrected chi connectivity index (χ3v) is 5.12. The molecule has 2 aromatic rings. The van der Waals surface area contributed by atoms with Gasteiger partial charge in [0.2, 0.25) is 0 Å². The van der Waals surface area contributed by atoms with Gasteiger partial charge in [0.15, 0.2) is 0 Å². The van der Waals surface area contributed by atoms with Gasteiger partial charge in [-0.2, -0.15) is 11.8 Å². The summed E-state index contributed by atoms with van der Waals surface area (Å²) in [5, 5.41) is 0.580. The zero-order valence-electron chi connectivity index (χ0n) is 13.2. The van der Waals surface area contributed by atoms with Crippen LogP contribution in [-0.4, -0.2) is 20.6 Å². The Morgan fingerprint density at radius 2 is 2.05 bits per heavy atom. The zero-order valence-corrected chi connectivity index (χ0v) is 14.1. The molecular weight excluding hydrogens is 295 g/mol. The van der Waals surface area contributed by atoms with Crippen molar-refractivity contribution >= 4 is 11.8 Å². The van der Waals surface area contributed by atoms with Crippen molar-refractivity contribution in [1.29, 1.82) is 0 Å². The minimum Gasteiger partial charge on any atom is -0.336 e. The number of rotatable bonds is 10. The lowest BCUT2D eigenvalue weighted by molar-refractivity contribution is 0.617. The van der Waals surface area contributed by atoms with Crippen molar-refractivity contribution in [2.24, 2.45) is 0 Å². The summed E-state index contributed by atoms with van der Waals surface area (Å²) in [6.07, 6.45) is 11.7. The summed E-state index contributed by atoms with van der Waals surface area (Å²) in [7, 11) is 0. The fourth-order valence-electron chi connectivity index (χ4n) is 2.44. The number of aromatic nitrogens is 2. The van der Waals surface area contributed by atoms with Gasteiger partial charge in [-0.15, -0.1) is 0 Å². The normalized spacial score (nSPS) is 12.5. The first-order chi connectivity index (χ1) is 10.8. The van der Waals surface area contributed by atoms with Crippen molar-refractivity contribution in [3.05, 3.63) is 54.4 Å². The molecule has 0 bridgehead atoms. The lowest BCUT2D eigenvalue weighted by Crippen LogP contribution is -2.14. The van der Waals surface area contributed by atoms with Crippen molar-refractivity contribution in [2.75, 3.05) is 5.75 Å². The van der Waals surface area contributed by atoms with E-state index in [0.717, 1.165) is 19.4 Å². The highest BCUT2D eigenvalue weighted by molar-refractivity contribution is 7.99. The van der Waals surface area contributed by atoms with Crippen LogP contribution in [0.4, 0.5) is 4.39 Å². The summed E-state index contributed by atoms with van der Waals surface area (Å²) >= 11 is 2.06. The van der Waals surface area contributed by atoms with Crippen molar-refractivity contribution < 1.29 is 4.39 Å². The highest BCUT2D eigenvalue weighted by Crippen LogP contribution is 2.21. The van der Waals surface area contributed by atoms with Crippen LogP contribution in [0, 0.1) is 5.82 Å². The molecular formula is C18H25FN2S. The lowest BCUT2D eigenvalue weighted by atomic mass is 10.1. The Hall–Kier alpha value is -1.29. The van der Waals surface area contributed by atoms with Gasteiger partial charge in [0.05, 0.1) is 6.33 Å². The van der Waals surface area contributed by atoms with Crippen LogP contribution in [0.5, 0.6) is 0 Å². The van der Waals surface area contributed by atoms with Crippen LogP contribution in [0.15, 0.2) is 43.0 Å². The molecule has 4 heteroatoms. The van der Waals surface area contributed by atoms with E-state index in [0.29, 0.717) is 5.25 Å². The number of benzene rings is 1. The first kappa shape index (κ1) is 17.1. The van der Waals surface area contributed by atoms with Gasteiger partial charge in [0.1, 0.15) is 5.82 Å². The summed E-state index contributed by atoms with van der Waals surface area (Å²) in [4.78, 5) is 4.12. The smallest absolute Gasteiger partial charge is 0.123 e. The van der Waals surface area contributed by atoms with Gasteiger partial charge in [-0.1, -0.05) is 31.9 Å². The maximum Gasteiger partial charge on any atom is 0.123 e. The van der Waals surface area contributed by atoms with E-state index in [4.69, 9.17) is 0 Å². The van der Waals surface area contributed by atoms with Gasteiger partial charge < -0.3 is 4.57 Å². The highest BCUT2D eigenvalue weighted by atomic mass is 32.2. The fraction of sp³-hybridized carbons (Fsp3) is 0.500. The van der Waals surface area contributed by atoms with E-state index in [1.54, 1.807) is 12.1 Å². The molecule has 2 nitrogen and oxygen atoms in total. The Labute approximate surface area is 137 Å². The van der Waals surface area contributed by atoms with E-state index in [-0.39, 0.29) is 5.82 Å². The standard InChI is InChI=1S/C18H25FN2S/c1-2-3-4-13-22-18(14-21-12-11-20-15-21)10-7-16-5-8-17(19)9-6-16/h5-6,8-9,11-12,15,18H,2-4,7,10,13-14H2,1H3. The van der Waals surface area contributed by atoms with Crippen LogP contribution in [-0.2, 0) is 13.0 Å². The van der Waals surface area contributed by atoms with Crippen molar-refractivity contribution in [1.82, 2.24) is 9.55 Å². The highest BCUT2D eigenvalue weighted by Gasteiger charge is 2.10. The Balaban J connectivity index is 1.84. The number of hydrogen-bond donors (Lipinski definition) is 0. The molecule has 1 aromatic carbocycles. The van der Waals surface area contributed by atoms with Gasteiger partial charge in [0, 0.05) is 24.2 Å². The Bertz CT molecular complexity index is 510. The number of aryl methyl sites for hydroxylation is 1. The summed E-state index contributed by atoms with van der Waals surface area (Å²) in [5.74, 6) is 1.06. The second-order valence-electron chi connectivity index (χ2n) is 5.62. The summed E-state index contributed by atoms with van der Waals surface area (Å²) in [6.45, 7) is 3.24. The first-order valence-corrected chi connectivity index (χ1v) is 9.14. The minimum absolute atomic E-state index is 0.160. The molecule has 0 saturated carbocycles. The van der Waals surface area contributed by atoms with E-state index in [1.807, 2.05) is 30.9 Å². The van der Waals surface area contributed by atoms with E-state index in [9.17, 15) is 4.39 Å². The SMILES string of the molecule is CCCCCSC(CCc1ccc(F)cc1)Cn1ccnc1. The molecule has 1 unspecified atom stereocenters. The summed E-state index contributed by atoms with van der Waals surface area (Å²) < 4.78 is 15.1. The Morgan fingerprint density at radius 1 is 1.23 bits per heavy atom. The number of hydrogen-bond acceptors (Lipinski definition) is 2. The third kappa shape index (κ3) is 6.22. The maximum atomic E-state index is 13.0. The second kappa shape index (κ2) is 9.67. The predicted molar refractivity (Wildman–Crippen MR) is 92.7 cm³/mol. The minimum atomic E-state index is -0.160. The van der Waals surface area contributed by atoms with Gasteiger partial charge >= 0.3 is 0 Å². The van der Waals surface area contributed by atoms with E-state index < -0.39 is 0 Å². The Kier molecular flexibility index (Phi) is 7.50. The van der Waals surface area contributed by atoms with E-state index in [1.165, 1.54) is 30.6 Å². The molecule has 120 valence electrons. The van der Waals surface area contributed by atoms with E-state index in [2.05, 4.69) is 28.2 Å². The molecule has 0 N–H and O–H groups in total. The van der Waals surface area contributed by atoms with Gasteiger partial charge in [-0.25, -0.2) is 9.37 Å². The molecule has 0 saturated heterocycles. The van der Waals surface area contributed by atoms with Crippen LogP contribution in [0.1, 0.15) is 38.2 Å². The van der Waals surface area contributed by atoms with Crippen molar-refractivity contribution in [2.45, 2.75) is 50.8 Å². The molecule has 1 aromatic heterocycles. The van der Waals surface area contributed by atoms with Crippen LogP contribution in [0.2, 0.25) is 0 Å². The topological polar surface area (TPSA) is 17.8 Å². The average molecular weight is 320 g/mol. The number of nitrogens with zero attached hydrogens (tertiary/aromatic N) is 2. The monoisotopic (exact) mass is 320 g/mol. The van der Waals surface area contributed by atoms with Crippen LogP contribution < -0.4 is 0 Å². The second-order valence-corrected chi connectivity index (χ2v) is 7.03. The number of imidazole rings is 1. The average Bonchev–Trinajstić information content (AvgIpc) is 3.03. The fourth-order valence-corrected chi connectivity index (χ4v) is 3.70. The molecule has 1 heterocycles. The lowest BCUT2D eigenvalue weighted by Gasteiger charge is -2.17. The largest absolute Gasteiger partial charge is 0.336 e. The first-order valence-electron chi connectivity index (χ1n) is 8.09.